The number of hydrogen-bond acceptors (Lipinski definition) is 1. The second kappa shape index (κ2) is 2.53. The van der Waals surface area contributed by atoms with Crippen LogP contribution in [0.4, 0.5) is 0 Å². The van der Waals surface area contributed by atoms with Gasteiger partial charge in [-0.05, 0) is 32.6 Å². The SMILES string of the molecule is CC(C)=CC(N)C1CC1. The zero-order valence-electron chi connectivity index (χ0n) is 6.22. The second-order valence-corrected chi connectivity index (χ2v) is 3.16. The van der Waals surface area contributed by atoms with E-state index in [2.05, 4.69) is 19.9 Å². The lowest BCUT2D eigenvalue weighted by atomic mass is 10.1. The first kappa shape index (κ1) is 6.81. The van der Waals surface area contributed by atoms with Crippen LogP contribution in [0.25, 0.3) is 0 Å². The lowest BCUT2D eigenvalue weighted by Crippen LogP contribution is -2.19. The van der Waals surface area contributed by atoms with Gasteiger partial charge >= 0.3 is 0 Å². The largest absolute Gasteiger partial charge is 0.324 e. The molecule has 1 rings (SSSR count). The summed E-state index contributed by atoms with van der Waals surface area (Å²) in [5.74, 6) is 0.805. The van der Waals surface area contributed by atoms with Crippen LogP contribution in [-0.2, 0) is 0 Å². The number of rotatable bonds is 2. The van der Waals surface area contributed by atoms with Crippen LogP contribution >= 0.6 is 0 Å². The molecule has 0 heterocycles. The molecule has 1 heteroatoms. The first-order chi connectivity index (χ1) is 4.20. The summed E-state index contributed by atoms with van der Waals surface area (Å²) in [5.41, 5.74) is 7.15. The van der Waals surface area contributed by atoms with Crippen LogP contribution in [0, 0.1) is 5.92 Å². The summed E-state index contributed by atoms with van der Waals surface area (Å²) in [4.78, 5) is 0. The third-order valence-corrected chi connectivity index (χ3v) is 1.69. The van der Waals surface area contributed by atoms with Gasteiger partial charge in [-0.1, -0.05) is 11.6 Å². The minimum absolute atomic E-state index is 0.343. The Bertz CT molecular complexity index is 119. The maximum atomic E-state index is 5.80. The van der Waals surface area contributed by atoms with E-state index in [-0.39, 0.29) is 0 Å². The van der Waals surface area contributed by atoms with E-state index < -0.39 is 0 Å². The Kier molecular flexibility index (Phi) is 1.91. The highest BCUT2D eigenvalue weighted by atomic mass is 14.7. The highest BCUT2D eigenvalue weighted by Gasteiger charge is 2.26. The van der Waals surface area contributed by atoms with Crippen molar-refractivity contribution in [1.82, 2.24) is 0 Å². The van der Waals surface area contributed by atoms with Crippen LogP contribution in [0.2, 0.25) is 0 Å². The topological polar surface area (TPSA) is 26.0 Å². The van der Waals surface area contributed by atoms with E-state index in [1.807, 2.05) is 0 Å². The van der Waals surface area contributed by atoms with E-state index in [0.29, 0.717) is 6.04 Å². The van der Waals surface area contributed by atoms with Crippen molar-refractivity contribution < 1.29 is 0 Å². The van der Waals surface area contributed by atoms with Crippen LogP contribution < -0.4 is 5.73 Å². The van der Waals surface area contributed by atoms with Gasteiger partial charge in [0.2, 0.25) is 0 Å². The van der Waals surface area contributed by atoms with Crippen molar-refractivity contribution in [3.63, 3.8) is 0 Å². The normalized spacial score (nSPS) is 21.2. The monoisotopic (exact) mass is 125 g/mol. The maximum absolute atomic E-state index is 5.80. The predicted molar refractivity (Wildman–Crippen MR) is 40.1 cm³/mol. The zero-order valence-corrected chi connectivity index (χ0v) is 6.22. The van der Waals surface area contributed by atoms with Gasteiger partial charge in [0.1, 0.15) is 0 Å². The van der Waals surface area contributed by atoms with Crippen LogP contribution in [0.1, 0.15) is 26.7 Å². The molecule has 1 aliphatic carbocycles. The fraction of sp³-hybridized carbons (Fsp3) is 0.750. The fourth-order valence-corrected chi connectivity index (χ4v) is 1.00. The summed E-state index contributed by atoms with van der Waals surface area (Å²) in [7, 11) is 0. The van der Waals surface area contributed by atoms with E-state index in [1.54, 1.807) is 0 Å². The molecule has 0 aliphatic heterocycles. The van der Waals surface area contributed by atoms with Gasteiger partial charge in [0, 0.05) is 6.04 Å². The van der Waals surface area contributed by atoms with Crippen LogP contribution in [0.5, 0.6) is 0 Å². The summed E-state index contributed by atoms with van der Waals surface area (Å²) < 4.78 is 0. The van der Waals surface area contributed by atoms with E-state index in [9.17, 15) is 0 Å². The zero-order chi connectivity index (χ0) is 6.85. The Morgan fingerprint density at radius 3 is 2.44 bits per heavy atom. The quantitative estimate of drug-likeness (QED) is 0.558. The third-order valence-electron chi connectivity index (χ3n) is 1.69. The number of allylic oxidation sites excluding steroid dienone is 1. The molecule has 1 saturated carbocycles. The minimum Gasteiger partial charge on any atom is -0.324 e. The van der Waals surface area contributed by atoms with Crippen molar-refractivity contribution >= 4 is 0 Å². The molecular weight excluding hydrogens is 110 g/mol. The van der Waals surface area contributed by atoms with Gasteiger partial charge in [-0.3, -0.25) is 0 Å². The molecule has 0 amide bonds. The Balaban J connectivity index is 2.33. The van der Waals surface area contributed by atoms with Gasteiger partial charge < -0.3 is 5.73 Å². The highest BCUT2D eigenvalue weighted by Crippen LogP contribution is 2.32. The second-order valence-electron chi connectivity index (χ2n) is 3.16. The predicted octanol–water partition coefficient (Wildman–Crippen LogP) is 1.69. The summed E-state index contributed by atoms with van der Waals surface area (Å²) in [6, 6.07) is 0.343. The average molecular weight is 125 g/mol. The minimum atomic E-state index is 0.343. The van der Waals surface area contributed by atoms with Gasteiger partial charge in [-0.25, -0.2) is 0 Å². The molecule has 1 fully saturated rings. The molecule has 52 valence electrons. The molecule has 0 aromatic rings. The van der Waals surface area contributed by atoms with E-state index >= 15 is 0 Å². The molecule has 1 nitrogen and oxygen atoms in total. The van der Waals surface area contributed by atoms with Gasteiger partial charge in [0.05, 0.1) is 0 Å². The van der Waals surface area contributed by atoms with Crippen molar-refractivity contribution in [2.45, 2.75) is 32.7 Å². The molecule has 0 radical (unpaired) electrons. The van der Waals surface area contributed by atoms with Crippen molar-refractivity contribution in [2.24, 2.45) is 11.7 Å². The third kappa shape index (κ3) is 2.19. The average Bonchev–Trinajstić information content (AvgIpc) is 2.40. The first-order valence-electron chi connectivity index (χ1n) is 3.61. The fourth-order valence-electron chi connectivity index (χ4n) is 1.00. The Morgan fingerprint density at radius 2 is 2.11 bits per heavy atom. The van der Waals surface area contributed by atoms with E-state index in [1.165, 1.54) is 18.4 Å². The first-order valence-corrected chi connectivity index (χ1v) is 3.61. The summed E-state index contributed by atoms with van der Waals surface area (Å²) in [6.07, 6.45) is 4.84. The standard InChI is InChI=1S/C8H15N/c1-6(2)5-8(9)7-3-4-7/h5,7-8H,3-4,9H2,1-2H3. The number of hydrogen-bond donors (Lipinski definition) is 1. The van der Waals surface area contributed by atoms with Gasteiger partial charge in [-0.15, -0.1) is 0 Å². The van der Waals surface area contributed by atoms with Crippen LogP contribution in [0.15, 0.2) is 11.6 Å². The molecule has 1 atom stereocenters. The molecule has 0 aromatic carbocycles. The highest BCUT2D eigenvalue weighted by molar-refractivity contribution is 5.04. The molecule has 0 aromatic heterocycles. The molecule has 1 aliphatic rings. The summed E-state index contributed by atoms with van der Waals surface area (Å²) in [6.45, 7) is 4.20. The van der Waals surface area contributed by atoms with Crippen molar-refractivity contribution in [3.8, 4) is 0 Å². The van der Waals surface area contributed by atoms with Gasteiger partial charge in [-0.2, -0.15) is 0 Å². The van der Waals surface area contributed by atoms with Crippen molar-refractivity contribution in [2.75, 3.05) is 0 Å². The summed E-state index contributed by atoms with van der Waals surface area (Å²) >= 11 is 0. The molecule has 2 N–H and O–H groups in total. The molecule has 0 spiro atoms. The molecule has 0 bridgehead atoms. The van der Waals surface area contributed by atoms with Gasteiger partial charge in [0.25, 0.3) is 0 Å². The molecule has 1 unspecified atom stereocenters. The molecule has 0 saturated heterocycles. The lowest BCUT2D eigenvalue weighted by molar-refractivity contribution is 0.706. The number of nitrogens with two attached hydrogens (primary N) is 1. The van der Waals surface area contributed by atoms with Crippen molar-refractivity contribution in [1.29, 1.82) is 0 Å². The smallest absolute Gasteiger partial charge is 0.0254 e. The van der Waals surface area contributed by atoms with E-state index in [4.69, 9.17) is 5.73 Å². The Labute approximate surface area is 56.9 Å². The maximum Gasteiger partial charge on any atom is 0.0254 e. The van der Waals surface area contributed by atoms with Crippen LogP contribution in [0.3, 0.4) is 0 Å². The molecule has 9 heavy (non-hydrogen) atoms. The Morgan fingerprint density at radius 1 is 1.56 bits per heavy atom. The van der Waals surface area contributed by atoms with Crippen LogP contribution in [-0.4, -0.2) is 6.04 Å². The van der Waals surface area contributed by atoms with E-state index in [0.717, 1.165) is 5.92 Å². The molecular formula is C8H15N. The Hall–Kier alpha value is -0.300. The van der Waals surface area contributed by atoms with Gasteiger partial charge in [0.15, 0.2) is 0 Å². The van der Waals surface area contributed by atoms with Crippen molar-refractivity contribution in [3.05, 3.63) is 11.6 Å². The lowest BCUT2D eigenvalue weighted by Gasteiger charge is -2.02. The summed E-state index contributed by atoms with van der Waals surface area (Å²) in [5, 5.41) is 0.